The minimum absolute atomic E-state index is 0.0517. The molecular weight excluding hydrogens is 243 g/mol. The molecule has 3 nitrogen and oxygen atoms in total. The molecule has 0 aliphatic carbocycles. The lowest BCUT2D eigenvalue weighted by Crippen LogP contribution is -2.15. The van der Waals surface area contributed by atoms with Gasteiger partial charge in [0.2, 0.25) is 0 Å². The molecule has 0 aromatic heterocycles. The summed E-state index contributed by atoms with van der Waals surface area (Å²) in [6.45, 7) is 0.741. The van der Waals surface area contributed by atoms with Gasteiger partial charge < -0.3 is 9.84 Å². The summed E-state index contributed by atoms with van der Waals surface area (Å²) in [5.41, 5.74) is -0.235. The third-order valence-corrected chi connectivity index (χ3v) is 3.73. The van der Waals surface area contributed by atoms with Crippen LogP contribution >= 0.6 is 11.8 Å². The quantitative estimate of drug-likeness (QED) is 0.902. The average molecular weight is 256 g/mol. The molecule has 0 amide bonds. The van der Waals surface area contributed by atoms with E-state index in [0.29, 0.717) is 0 Å². The van der Waals surface area contributed by atoms with Crippen LogP contribution in [0.25, 0.3) is 0 Å². The maximum absolute atomic E-state index is 13.2. The lowest BCUT2D eigenvalue weighted by molar-refractivity contribution is 0.0690. The van der Waals surface area contributed by atoms with Crippen molar-refractivity contribution < 1.29 is 19.0 Å². The summed E-state index contributed by atoms with van der Waals surface area (Å²) in [6, 6.07) is 4.14. The van der Waals surface area contributed by atoms with Gasteiger partial charge in [0.1, 0.15) is 11.3 Å². The van der Waals surface area contributed by atoms with Gasteiger partial charge in [-0.25, -0.2) is 9.18 Å². The van der Waals surface area contributed by atoms with Crippen molar-refractivity contribution in [1.82, 2.24) is 0 Å². The highest BCUT2D eigenvalue weighted by Crippen LogP contribution is 2.31. The molecule has 1 heterocycles. The van der Waals surface area contributed by atoms with Gasteiger partial charge in [-0.05, 0) is 37.5 Å². The third-order valence-electron chi connectivity index (χ3n) is 2.57. The Morgan fingerprint density at radius 3 is 2.94 bits per heavy atom. The number of aromatic carboxylic acids is 1. The topological polar surface area (TPSA) is 46.5 Å². The Morgan fingerprint density at radius 1 is 1.47 bits per heavy atom. The molecule has 17 heavy (non-hydrogen) atoms. The Kier molecular flexibility index (Phi) is 4.02. The zero-order chi connectivity index (χ0) is 12.3. The maximum Gasteiger partial charge on any atom is 0.338 e. The Morgan fingerprint density at radius 2 is 2.29 bits per heavy atom. The van der Waals surface area contributed by atoms with Crippen molar-refractivity contribution in [3.8, 4) is 0 Å². The van der Waals surface area contributed by atoms with Crippen molar-refractivity contribution in [2.75, 3.05) is 6.61 Å². The summed E-state index contributed by atoms with van der Waals surface area (Å²) in [7, 11) is 0. The molecule has 1 aliphatic rings. The number of carboxylic acid groups (broad SMARTS) is 1. The van der Waals surface area contributed by atoms with Gasteiger partial charge in [-0.3, -0.25) is 0 Å². The van der Waals surface area contributed by atoms with E-state index in [1.807, 2.05) is 0 Å². The second kappa shape index (κ2) is 5.51. The number of benzene rings is 1. The minimum atomic E-state index is -1.24. The number of ether oxygens (including phenoxy) is 1. The van der Waals surface area contributed by atoms with Gasteiger partial charge >= 0.3 is 5.97 Å². The van der Waals surface area contributed by atoms with Crippen LogP contribution in [0.3, 0.4) is 0 Å². The molecule has 0 spiro atoms. The Hall–Kier alpha value is -1.07. The largest absolute Gasteiger partial charge is 0.478 e. The highest BCUT2D eigenvalue weighted by Gasteiger charge is 2.17. The number of carboxylic acids is 1. The number of carbonyl (C=O) groups is 1. The van der Waals surface area contributed by atoms with Gasteiger partial charge in [0.15, 0.2) is 0 Å². The van der Waals surface area contributed by atoms with Crippen molar-refractivity contribution in [3.63, 3.8) is 0 Å². The molecule has 2 rings (SSSR count). The van der Waals surface area contributed by atoms with Crippen LogP contribution in [0.4, 0.5) is 4.39 Å². The van der Waals surface area contributed by atoms with E-state index in [1.165, 1.54) is 23.9 Å². The fraction of sp³-hybridized carbons (Fsp3) is 0.417. The van der Waals surface area contributed by atoms with Gasteiger partial charge in [0.25, 0.3) is 0 Å². The van der Waals surface area contributed by atoms with E-state index in [0.717, 1.165) is 30.8 Å². The smallest absolute Gasteiger partial charge is 0.338 e. The molecule has 1 fully saturated rings. The van der Waals surface area contributed by atoms with Crippen molar-refractivity contribution in [2.24, 2.45) is 0 Å². The van der Waals surface area contributed by atoms with Crippen molar-refractivity contribution >= 4 is 17.7 Å². The predicted molar refractivity (Wildman–Crippen MR) is 62.8 cm³/mol. The number of hydrogen-bond donors (Lipinski definition) is 1. The lowest BCUT2D eigenvalue weighted by Gasteiger charge is -2.21. The zero-order valence-corrected chi connectivity index (χ0v) is 10.0. The number of thioether (sulfide) groups is 1. The van der Waals surface area contributed by atoms with Crippen LogP contribution < -0.4 is 0 Å². The maximum atomic E-state index is 13.2. The summed E-state index contributed by atoms with van der Waals surface area (Å²) in [4.78, 5) is 11.5. The van der Waals surface area contributed by atoms with E-state index in [2.05, 4.69) is 0 Å². The fourth-order valence-electron chi connectivity index (χ4n) is 1.70. The first kappa shape index (κ1) is 12.4. The molecule has 0 saturated carbocycles. The molecule has 1 aliphatic heterocycles. The number of rotatable bonds is 3. The molecule has 0 bridgehead atoms. The standard InChI is InChI=1S/C12H13FO3S/c13-10-5-4-8(7-9(10)12(14)15)17-11-3-1-2-6-16-11/h4-5,7,11H,1-3,6H2,(H,14,15). The van der Waals surface area contributed by atoms with Crippen LogP contribution in [-0.4, -0.2) is 23.1 Å². The van der Waals surface area contributed by atoms with E-state index >= 15 is 0 Å². The average Bonchev–Trinajstić information content (AvgIpc) is 2.32. The van der Waals surface area contributed by atoms with Crippen molar-refractivity contribution in [1.29, 1.82) is 0 Å². The molecule has 5 heteroatoms. The highest BCUT2D eigenvalue weighted by atomic mass is 32.2. The fourth-order valence-corrected chi connectivity index (χ4v) is 2.78. The predicted octanol–water partition coefficient (Wildman–Crippen LogP) is 3.14. The summed E-state index contributed by atoms with van der Waals surface area (Å²) >= 11 is 1.45. The van der Waals surface area contributed by atoms with Gasteiger partial charge in [-0.2, -0.15) is 0 Å². The molecule has 1 aromatic carbocycles. The van der Waals surface area contributed by atoms with E-state index in [4.69, 9.17) is 9.84 Å². The SMILES string of the molecule is O=C(O)c1cc(SC2CCCCO2)ccc1F. The molecule has 1 N–H and O–H groups in total. The van der Waals surface area contributed by atoms with Gasteiger partial charge in [0, 0.05) is 11.5 Å². The highest BCUT2D eigenvalue weighted by molar-refractivity contribution is 7.99. The monoisotopic (exact) mass is 256 g/mol. The summed E-state index contributed by atoms with van der Waals surface area (Å²) in [5, 5.41) is 8.82. The van der Waals surface area contributed by atoms with Gasteiger partial charge in [0.05, 0.1) is 5.56 Å². The molecule has 1 saturated heterocycles. The first-order chi connectivity index (χ1) is 8.16. The summed E-state index contributed by atoms with van der Waals surface area (Å²) < 4.78 is 18.7. The van der Waals surface area contributed by atoms with Crippen LogP contribution in [0, 0.1) is 5.82 Å². The van der Waals surface area contributed by atoms with Crippen LogP contribution in [0.2, 0.25) is 0 Å². The molecule has 1 unspecified atom stereocenters. The Bertz CT molecular complexity index is 416. The van der Waals surface area contributed by atoms with E-state index in [1.54, 1.807) is 6.07 Å². The summed E-state index contributed by atoms with van der Waals surface area (Å²) in [6.07, 6.45) is 3.13. The molecular formula is C12H13FO3S. The molecule has 92 valence electrons. The van der Waals surface area contributed by atoms with Crippen molar-refractivity contribution in [2.45, 2.75) is 29.6 Å². The zero-order valence-electron chi connectivity index (χ0n) is 9.19. The van der Waals surface area contributed by atoms with Crippen LogP contribution in [0.5, 0.6) is 0 Å². The van der Waals surface area contributed by atoms with Crippen LogP contribution in [0.15, 0.2) is 23.1 Å². The number of halogens is 1. The normalized spacial score (nSPS) is 20.2. The lowest BCUT2D eigenvalue weighted by atomic mass is 10.2. The Labute approximate surface area is 103 Å². The molecule has 1 atom stereocenters. The second-order valence-electron chi connectivity index (χ2n) is 3.86. The van der Waals surface area contributed by atoms with E-state index < -0.39 is 11.8 Å². The van der Waals surface area contributed by atoms with Crippen molar-refractivity contribution in [3.05, 3.63) is 29.6 Å². The Balaban J connectivity index is 2.10. The first-order valence-electron chi connectivity index (χ1n) is 5.48. The van der Waals surface area contributed by atoms with Gasteiger partial charge in [-0.15, -0.1) is 0 Å². The summed E-state index contributed by atoms with van der Waals surface area (Å²) in [5.74, 6) is -1.94. The molecule has 1 aromatic rings. The van der Waals surface area contributed by atoms with Crippen LogP contribution in [-0.2, 0) is 4.74 Å². The third kappa shape index (κ3) is 3.20. The minimum Gasteiger partial charge on any atom is -0.478 e. The number of hydrogen-bond acceptors (Lipinski definition) is 3. The first-order valence-corrected chi connectivity index (χ1v) is 6.36. The van der Waals surface area contributed by atoms with Crippen LogP contribution in [0.1, 0.15) is 29.6 Å². The molecule has 0 radical (unpaired) electrons. The van der Waals surface area contributed by atoms with Gasteiger partial charge in [-0.1, -0.05) is 11.8 Å². The second-order valence-corrected chi connectivity index (χ2v) is 5.09. The van der Waals surface area contributed by atoms with E-state index in [-0.39, 0.29) is 11.0 Å². The van der Waals surface area contributed by atoms with E-state index in [9.17, 15) is 9.18 Å².